The van der Waals surface area contributed by atoms with E-state index in [1.165, 1.54) is 12.8 Å². The van der Waals surface area contributed by atoms with Crippen molar-refractivity contribution in [2.75, 3.05) is 25.1 Å². The van der Waals surface area contributed by atoms with Crippen LogP contribution in [0.1, 0.15) is 51.9 Å². The van der Waals surface area contributed by atoms with Crippen LogP contribution in [0.25, 0.3) is 0 Å². The van der Waals surface area contributed by atoms with Crippen LogP contribution in [0.3, 0.4) is 0 Å². The Morgan fingerprint density at radius 3 is 2.85 bits per heavy atom. The number of nitrogens with zero attached hydrogens (tertiary/aromatic N) is 3. The van der Waals surface area contributed by atoms with Gasteiger partial charge < -0.3 is 15.0 Å². The minimum atomic E-state index is 0.121. The molecular weight excluding hydrogens is 364 g/mol. The Labute approximate surface area is 166 Å². The molecule has 2 aliphatic rings. The number of hydrogen-bond donors (Lipinski definition) is 1. The van der Waals surface area contributed by atoms with Gasteiger partial charge in [-0.1, -0.05) is 24.1 Å². The Kier molecular flexibility index (Phi) is 6.94. The highest BCUT2D eigenvalue weighted by molar-refractivity contribution is 6.32. The van der Waals surface area contributed by atoms with Gasteiger partial charge in [0.05, 0.1) is 13.3 Å². The molecule has 0 radical (unpaired) electrons. The van der Waals surface area contributed by atoms with Crippen molar-refractivity contribution in [3.8, 4) is 6.01 Å². The normalized spacial score (nSPS) is 19.8. The van der Waals surface area contributed by atoms with Crippen molar-refractivity contribution in [2.24, 2.45) is 5.92 Å². The Morgan fingerprint density at radius 1 is 1.33 bits per heavy atom. The second-order valence-corrected chi connectivity index (χ2v) is 7.85. The second kappa shape index (κ2) is 9.40. The zero-order valence-electron chi connectivity index (χ0n) is 16.2. The number of allylic oxidation sites excluding steroid dienone is 1. The molecule has 7 heteroatoms. The van der Waals surface area contributed by atoms with E-state index in [9.17, 15) is 4.79 Å². The van der Waals surface area contributed by atoms with Gasteiger partial charge in [0.15, 0.2) is 5.82 Å². The minimum Gasteiger partial charge on any atom is -0.467 e. The molecule has 0 aromatic carbocycles. The Bertz CT molecular complexity index is 687. The number of ether oxygens (including phenoxy) is 1. The summed E-state index contributed by atoms with van der Waals surface area (Å²) in [6.07, 6.45) is 11.2. The van der Waals surface area contributed by atoms with Crippen molar-refractivity contribution in [2.45, 2.75) is 57.9 Å². The molecule has 3 rings (SSSR count). The van der Waals surface area contributed by atoms with Gasteiger partial charge in [-0.2, -0.15) is 4.98 Å². The predicted molar refractivity (Wildman–Crippen MR) is 107 cm³/mol. The first-order valence-electron chi connectivity index (χ1n) is 9.90. The number of carbonyl (C=O) groups is 1. The van der Waals surface area contributed by atoms with E-state index in [0.29, 0.717) is 17.0 Å². The van der Waals surface area contributed by atoms with Crippen molar-refractivity contribution in [3.63, 3.8) is 0 Å². The first-order valence-corrected chi connectivity index (χ1v) is 10.3. The summed E-state index contributed by atoms with van der Waals surface area (Å²) in [5.74, 6) is 1.30. The van der Waals surface area contributed by atoms with Gasteiger partial charge in [-0.15, -0.1) is 0 Å². The first-order chi connectivity index (χ1) is 13.1. The van der Waals surface area contributed by atoms with Gasteiger partial charge in [-0.05, 0) is 51.4 Å². The molecule has 0 unspecified atom stereocenters. The number of rotatable bonds is 5. The number of anilines is 1. The van der Waals surface area contributed by atoms with Crippen LogP contribution < -0.4 is 15.0 Å². The monoisotopic (exact) mass is 392 g/mol. The van der Waals surface area contributed by atoms with Crippen LogP contribution in [-0.2, 0) is 4.79 Å². The molecule has 0 bridgehead atoms. The van der Waals surface area contributed by atoms with Crippen LogP contribution in [0.4, 0.5) is 5.82 Å². The summed E-state index contributed by atoms with van der Waals surface area (Å²) >= 11 is 6.27. The van der Waals surface area contributed by atoms with Crippen molar-refractivity contribution in [3.05, 3.63) is 22.9 Å². The SMILES string of the molecule is COc1ncc(Cl)c(N2CCC([C@@H](C)NC(=O)C3=CCCCCC3)CC2)n1. The Morgan fingerprint density at radius 2 is 2.11 bits per heavy atom. The smallest absolute Gasteiger partial charge is 0.318 e. The molecule has 6 nitrogen and oxygen atoms in total. The lowest BCUT2D eigenvalue weighted by molar-refractivity contribution is -0.118. The number of nitrogens with one attached hydrogen (secondary N) is 1. The molecule has 148 valence electrons. The summed E-state index contributed by atoms with van der Waals surface area (Å²) in [6, 6.07) is 0.494. The van der Waals surface area contributed by atoms with Crippen LogP contribution in [0.15, 0.2) is 17.8 Å². The van der Waals surface area contributed by atoms with Crippen LogP contribution in [0.2, 0.25) is 5.02 Å². The van der Waals surface area contributed by atoms with Gasteiger partial charge in [0.1, 0.15) is 5.02 Å². The molecule has 1 N–H and O–H groups in total. The van der Waals surface area contributed by atoms with Crippen molar-refractivity contribution in [1.82, 2.24) is 15.3 Å². The van der Waals surface area contributed by atoms with Gasteiger partial charge in [0, 0.05) is 24.7 Å². The van der Waals surface area contributed by atoms with Crippen LogP contribution in [0, 0.1) is 5.92 Å². The molecule has 1 aliphatic heterocycles. The third kappa shape index (κ3) is 5.12. The quantitative estimate of drug-likeness (QED) is 0.826. The molecule has 1 saturated heterocycles. The summed E-state index contributed by atoms with van der Waals surface area (Å²) in [4.78, 5) is 23.2. The van der Waals surface area contributed by atoms with E-state index in [-0.39, 0.29) is 11.9 Å². The van der Waals surface area contributed by atoms with Crippen LogP contribution in [0.5, 0.6) is 6.01 Å². The van der Waals surface area contributed by atoms with E-state index in [1.54, 1.807) is 13.3 Å². The highest BCUT2D eigenvalue weighted by Gasteiger charge is 2.27. The number of carbonyl (C=O) groups excluding carboxylic acids is 1. The maximum Gasteiger partial charge on any atom is 0.318 e. The molecule has 1 atom stereocenters. The molecule has 1 aromatic heterocycles. The summed E-state index contributed by atoms with van der Waals surface area (Å²) in [5, 5.41) is 3.77. The third-order valence-corrected chi connectivity index (χ3v) is 5.89. The number of aromatic nitrogens is 2. The van der Waals surface area contributed by atoms with Gasteiger partial charge in [-0.25, -0.2) is 4.98 Å². The predicted octanol–water partition coefficient (Wildman–Crippen LogP) is 3.75. The largest absolute Gasteiger partial charge is 0.467 e. The molecule has 1 fully saturated rings. The standard InChI is InChI=1S/C20H29ClN4O2/c1-14(23-19(26)16-7-5-3-4-6-8-16)15-9-11-25(12-10-15)18-17(21)13-22-20(24-18)27-2/h7,13-15H,3-6,8-12H2,1-2H3,(H,23,26)/t14-/m1/s1. The Hall–Kier alpha value is -1.82. The van der Waals surface area contributed by atoms with Gasteiger partial charge in [0.25, 0.3) is 0 Å². The molecular formula is C20H29ClN4O2. The van der Waals surface area contributed by atoms with Crippen LogP contribution in [-0.4, -0.2) is 42.1 Å². The minimum absolute atomic E-state index is 0.121. The lowest BCUT2D eigenvalue weighted by Crippen LogP contribution is -2.44. The fourth-order valence-corrected chi connectivity index (χ4v) is 4.12. The average Bonchev–Trinajstić information content (AvgIpc) is 2.98. The summed E-state index contributed by atoms with van der Waals surface area (Å²) in [6.45, 7) is 3.83. The molecule has 0 saturated carbocycles. The summed E-state index contributed by atoms with van der Waals surface area (Å²) < 4.78 is 5.11. The lowest BCUT2D eigenvalue weighted by Gasteiger charge is -2.36. The van der Waals surface area contributed by atoms with Crippen molar-refractivity contribution in [1.29, 1.82) is 0 Å². The highest BCUT2D eigenvalue weighted by atomic mass is 35.5. The zero-order chi connectivity index (χ0) is 19.2. The van der Waals surface area contributed by atoms with E-state index in [0.717, 1.165) is 56.6 Å². The van der Waals surface area contributed by atoms with Gasteiger partial charge in [0.2, 0.25) is 5.91 Å². The van der Waals surface area contributed by atoms with E-state index in [4.69, 9.17) is 16.3 Å². The van der Waals surface area contributed by atoms with E-state index < -0.39 is 0 Å². The number of piperidine rings is 1. The zero-order valence-corrected chi connectivity index (χ0v) is 17.0. The maximum atomic E-state index is 12.6. The highest BCUT2D eigenvalue weighted by Crippen LogP contribution is 2.30. The van der Waals surface area contributed by atoms with Crippen molar-refractivity contribution >= 4 is 23.3 Å². The van der Waals surface area contributed by atoms with Crippen LogP contribution >= 0.6 is 11.6 Å². The van der Waals surface area contributed by atoms with E-state index >= 15 is 0 Å². The molecule has 1 aromatic rings. The Balaban J connectivity index is 1.54. The van der Waals surface area contributed by atoms with Crippen molar-refractivity contribution < 1.29 is 9.53 Å². The number of amides is 1. The van der Waals surface area contributed by atoms with E-state index in [2.05, 4.69) is 33.2 Å². The lowest BCUT2D eigenvalue weighted by atomic mass is 9.90. The summed E-state index contributed by atoms with van der Waals surface area (Å²) in [5.41, 5.74) is 0.969. The number of methoxy groups -OCH3 is 1. The fraction of sp³-hybridized carbons (Fsp3) is 0.650. The molecule has 2 heterocycles. The second-order valence-electron chi connectivity index (χ2n) is 7.44. The molecule has 1 amide bonds. The average molecular weight is 393 g/mol. The third-order valence-electron chi connectivity index (χ3n) is 5.62. The number of halogens is 1. The first kappa shape index (κ1) is 19.9. The van der Waals surface area contributed by atoms with E-state index in [1.807, 2.05) is 0 Å². The molecule has 1 aliphatic carbocycles. The topological polar surface area (TPSA) is 67.3 Å². The summed E-state index contributed by atoms with van der Waals surface area (Å²) in [7, 11) is 1.55. The van der Waals surface area contributed by atoms with Gasteiger partial charge in [-0.3, -0.25) is 4.79 Å². The molecule has 0 spiro atoms. The molecule has 27 heavy (non-hydrogen) atoms. The number of hydrogen-bond acceptors (Lipinski definition) is 5. The van der Waals surface area contributed by atoms with Gasteiger partial charge >= 0.3 is 6.01 Å². The fourth-order valence-electron chi connectivity index (χ4n) is 3.91. The maximum absolute atomic E-state index is 12.6.